The summed E-state index contributed by atoms with van der Waals surface area (Å²) in [4.78, 5) is 6.88. The third-order valence-electron chi connectivity index (χ3n) is 4.14. The molecule has 24 heavy (non-hydrogen) atoms. The van der Waals surface area contributed by atoms with Crippen molar-refractivity contribution in [2.75, 3.05) is 39.3 Å². The van der Waals surface area contributed by atoms with Crippen molar-refractivity contribution in [3.8, 4) is 0 Å². The van der Waals surface area contributed by atoms with E-state index in [1.807, 2.05) is 6.92 Å². The van der Waals surface area contributed by atoms with Crippen molar-refractivity contribution < 1.29 is 13.2 Å². The summed E-state index contributed by atoms with van der Waals surface area (Å²) in [6.45, 7) is 11.1. The minimum atomic E-state index is -4.13. The Hall–Kier alpha value is -0.980. The van der Waals surface area contributed by atoms with Crippen LogP contribution in [0.4, 0.5) is 13.2 Å². The Morgan fingerprint density at radius 2 is 1.79 bits per heavy atom. The van der Waals surface area contributed by atoms with Crippen LogP contribution in [0.5, 0.6) is 0 Å². The van der Waals surface area contributed by atoms with Gasteiger partial charge >= 0.3 is 6.18 Å². The summed E-state index contributed by atoms with van der Waals surface area (Å²) in [6, 6.07) is 0. The normalized spacial score (nSPS) is 23.3. The molecule has 7 heteroatoms. The number of alkyl halides is 3. The molecule has 0 aliphatic carbocycles. The second-order valence-electron chi connectivity index (χ2n) is 6.97. The molecule has 0 saturated carbocycles. The maximum absolute atomic E-state index is 12.2. The van der Waals surface area contributed by atoms with Crippen LogP contribution in [0, 0.1) is 11.8 Å². The highest BCUT2D eigenvalue weighted by Crippen LogP contribution is 2.21. The Morgan fingerprint density at radius 1 is 1.12 bits per heavy atom. The van der Waals surface area contributed by atoms with Gasteiger partial charge in [-0.25, -0.2) is 0 Å². The van der Waals surface area contributed by atoms with Crippen LogP contribution in [0.1, 0.15) is 46.5 Å². The van der Waals surface area contributed by atoms with E-state index in [4.69, 9.17) is 0 Å². The standard InChI is InChI=1S/C17H33F3N4/c1-4-21-16(23-9-7-17(18,19)20)22-8-5-6-10-24-12-14(2)11-15(3)13-24/h14-15H,4-13H2,1-3H3,(H2,21,22,23). The number of hydrogen-bond acceptors (Lipinski definition) is 2. The molecule has 1 aliphatic rings. The molecule has 1 saturated heterocycles. The fourth-order valence-corrected chi connectivity index (χ4v) is 3.28. The van der Waals surface area contributed by atoms with E-state index in [0.29, 0.717) is 19.0 Å². The summed E-state index contributed by atoms with van der Waals surface area (Å²) in [5.74, 6) is 2.01. The van der Waals surface area contributed by atoms with Gasteiger partial charge in [0.05, 0.1) is 6.42 Å². The van der Waals surface area contributed by atoms with E-state index in [1.165, 1.54) is 19.5 Å². The number of nitrogens with one attached hydrogen (secondary N) is 2. The van der Waals surface area contributed by atoms with E-state index >= 15 is 0 Å². The number of rotatable bonds is 8. The van der Waals surface area contributed by atoms with Gasteiger partial charge < -0.3 is 15.5 Å². The first-order chi connectivity index (χ1) is 11.3. The van der Waals surface area contributed by atoms with Crippen LogP contribution >= 0.6 is 0 Å². The molecule has 1 fully saturated rings. The molecule has 1 heterocycles. The van der Waals surface area contributed by atoms with Crippen LogP contribution in [-0.2, 0) is 0 Å². The maximum atomic E-state index is 12.2. The van der Waals surface area contributed by atoms with Crippen LogP contribution in [0.3, 0.4) is 0 Å². The summed E-state index contributed by atoms with van der Waals surface area (Å²) in [5.41, 5.74) is 0. The minimum Gasteiger partial charge on any atom is -0.357 e. The lowest BCUT2D eigenvalue weighted by molar-refractivity contribution is -0.132. The van der Waals surface area contributed by atoms with Crippen LogP contribution in [0.25, 0.3) is 0 Å². The lowest BCUT2D eigenvalue weighted by Gasteiger charge is -2.34. The van der Waals surface area contributed by atoms with Gasteiger partial charge in [0.15, 0.2) is 5.96 Å². The molecular weight excluding hydrogens is 317 g/mol. The number of unbranched alkanes of at least 4 members (excludes halogenated alkanes) is 1. The molecular formula is C17H33F3N4. The second-order valence-corrected chi connectivity index (χ2v) is 6.97. The minimum absolute atomic E-state index is 0.140. The molecule has 2 atom stereocenters. The molecule has 1 rings (SSSR count). The molecule has 4 nitrogen and oxygen atoms in total. The first-order valence-electron chi connectivity index (χ1n) is 9.11. The van der Waals surface area contributed by atoms with Crippen molar-refractivity contribution in [1.82, 2.24) is 15.5 Å². The van der Waals surface area contributed by atoms with Crippen LogP contribution in [-0.4, -0.2) is 56.3 Å². The molecule has 0 aromatic rings. The molecule has 1 aliphatic heterocycles. The maximum Gasteiger partial charge on any atom is 0.390 e. The van der Waals surface area contributed by atoms with Gasteiger partial charge in [0, 0.05) is 32.7 Å². The summed E-state index contributed by atoms with van der Waals surface area (Å²) in [6.07, 6.45) is -1.63. The topological polar surface area (TPSA) is 39.7 Å². The van der Waals surface area contributed by atoms with Crippen LogP contribution in [0.15, 0.2) is 4.99 Å². The highest BCUT2D eigenvalue weighted by Gasteiger charge is 2.26. The third-order valence-corrected chi connectivity index (χ3v) is 4.14. The van der Waals surface area contributed by atoms with E-state index in [1.54, 1.807) is 0 Å². The smallest absolute Gasteiger partial charge is 0.357 e. The summed E-state index contributed by atoms with van der Waals surface area (Å²) in [7, 11) is 0. The van der Waals surface area contributed by atoms with Gasteiger partial charge in [0.25, 0.3) is 0 Å². The summed E-state index contributed by atoms with van der Waals surface area (Å²) in [5, 5.41) is 5.72. The highest BCUT2D eigenvalue weighted by atomic mass is 19.4. The molecule has 0 spiro atoms. The monoisotopic (exact) mass is 350 g/mol. The fraction of sp³-hybridized carbons (Fsp3) is 0.941. The van der Waals surface area contributed by atoms with Crippen LogP contribution in [0.2, 0.25) is 0 Å². The van der Waals surface area contributed by atoms with Gasteiger partial charge in [-0.05, 0) is 44.6 Å². The molecule has 2 unspecified atom stereocenters. The largest absolute Gasteiger partial charge is 0.390 e. The molecule has 0 radical (unpaired) electrons. The average Bonchev–Trinajstić information content (AvgIpc) is 2.44. The van der Waals surface area contributed by atoms with E-state index in [-0.39, 0.29) is 6.54 Å². The first kappa shape index (κ1) is 21.1. The Labute approximate surface area is 144 Å². The van der Waals surface area contributed by atoms with Gasteiger partial charge in [0.2, 0.25) is 0 Å². The molecule has 0 aromatic carbocycles. The molecule has 0 aromatic heterocycles. The van der Waals surface area contributed by atoms with Gasteiger partial charge in [0.1, 0.15) is 0 Å². The Morgan fingerprint density at radius 3 is 2.38 bits per heavy atom. The molecule has 142 valence electrons. The SMILES string of the molecule is CCNC(=NCCCCN1CC(C)CC(C)C1)NCCC(F)(F)F. The summed E-state index contributed by atoms with van der Waals surface area (Å²) < 4.78 is 36.5. The van der Waals surface area contributed by atoms with E-state index in [9.17, 15) is 13.2 Å². The van der Waals surface area contributed by atoms with Crippen molar-refractivity contribution in [2.45, 2.75) is 52.6 Å². The van der Waals surface area contributed by atoms with Gasteiger partial charge in [-0.3, -0.25) is 4.99 Å². The van der Waals surface area contributed by atoms with Gasteiger partial charge in [-0.2, -0.15) is 13.2 Å². The number of piperidine rings is 1. The zero-order valence-electron chi connectivity index (χ0n) is 15.3. The predicted octanol–water partition coefficient (Wildman–Crippen LogP) is 3.25. The predicted molar refractivity (Wildman–Crippen MR) is 93.3 cm³/mol. The first-order valence-corrected chi connectivity index (χ1v) is 9.11. The van der Waals surface area contributed by atoms with E-state index < -0.39 is 12.6 Å². The van der Waals surface area contributed by atoms with Crippen LogP contribution < -0.4 is 10.6 Å². The fourth-order valence-electron chi connectivity index (χ4n) is 3.28. The van der Waals surface area contributed by atoms with Crippen molar-refractivity contribution in [3.63, 3.8) is 0 Å². The average molecular weight is 350 g/mol. The highest BCUT2D eigenvalue weighted by molar-refractivity contribution is 5.79. The number of hydrogen-bond donors (Lipinski definition) is 2. The number of nitrogens with zero attached hydrogens (tertiary/aromatic N) is 2. The van der Waals surface area contributed by atoms with Crippen molar-refractivity contribution >= 4 is 5.96 Å². The second kappa shape index (κ2) is 10.8. The Balaban J connectivity index is 2.21. The number of guanidine groups is 1. The molecule has 0 amide bonds. The van der Waals surface area contributed by atoms with Crippen molar-refractivity contribution in [3.05, 3.63) is 0 Å². The number of halogens is 3. The number of likely N-dealkylation sites (tertiary alicyclic amines) is 1. The molecule has 0 bridgehead atoms. The Bertz CT molecular complexity index is 361. The van der Waals surface area contributed by atoms with Crippen molar-refractivity contribution in [1.29, 1.82) is 0 Å². The lowest BCUT2D eigenvalue weighted by atomic mass is 9.92. The quantitative estimate of drug-likeness (QED) is 0.401. The van der Waals surface area contributed by atoms with E-state index in [0.717, 1.165) is 31.2 Å². The zero-order valence-corrected chi connectivity index (χ0v) is 15.3. The van der Waals surface area contributed by atoms with Gasteiger partial charge in [-0.15, -0.1) is 0 Å². The lowest BCUT2D eigenvalue weighted by Crippen LogP contribution is -2.39. The van der Waals surface area contributed by atoms with E-state index in [2.05, 4.69) is 34.4 Å². The third kappa shape index (κ3) is 10.0. The Kier molecular flexibility index (Phi) is 9.48. The van der Waals surface area contributed by atoms with Gasteiger partial charge in [-0.1, -0.05) is 13.8 Å². The molecule has 2 N–H and O–H groups in total. The van der Waals surface area contributed by atoms with Crippen molar-refractivity contribution in [2.24, 2.45) is 16.8 Å². The number of aliphatic imine (C=N–C) groups is 1. The zero-order chi connectivity index (χ0) is 18.0. The summed E-state index contributed by atoms with van der Waals surface area (Å²) >= 11 is 0.